The van der Waals surface area contributed by atoms with E-state index in [0.717, 1.165) is 16.8 Å². The van der Waals surface area contributed by atoms with Crippen LogP contribution in [0.2, 0.25) is 0 Å². The van der Waals surface area contributed by atoms with Crippen molar-refractivity contribution in [2.24, 2.45) is 0 Å². The number of pyridine rings is 1. The van der Waals surface area contributed by atoms with Gasteiger partial charge in [0.15, 0.2) is 0 Å². The molecule has 1 aromatic heterocycles. The van der Waals surface area contributed by atoms with Crippen LogP contribution >= 0.6 is 0 Å². The number of nitrogens with two attached hydrogens (primary N) is 1. The lowest BCUT2D eigenvalue weighted by atomic mass is 10.1. The first-order chi connectivity index (χ1) is 7.16. The quantitative estimate of drug-likeness (QED) is 0.548. The molecule has 15 heavy (non-hydrogen) atoms. The number of phenolic OH excluding ortho intramolecular Hbond substituents is 1. The summed E-state index contributed by atoms with van der Waals surface area (Å²) in [4.78, 5) is 4.12. The van der Waals surface area contributed by atoms with Crippen molar-refractivity contribution in [3.05, 3.63) is 42.2 Å². The predicted molar refractivity (Wildman–Crippen MR) is 60.5 cm³/mol. The van der Waals surface area contributed by atoms with Crippen molar-refractivity contribution in [1.29, 1.82) is 0 Å². The second-order valence-electron chi connectivity index (χ2n) is 3.46. The Bertz CT molecular complexity index is 495. The van der Waals surface area contributed by atoms with Crippen molar-refractivity contribution in [1.82, 2.24) is 4.98 Å². The molecule has 0 amide bonds. The zero-order chi connectivity index (χ0) is 10.8. The van der Waals surface area contributed by atoms with Crippen LogP contribution in [-0.4, -0.2) is 10.1 Å². The highest BCUT2D eigenvalue weighted by Gasteiger charge is 2.01. The molecule has 1 aromatic carbocycles. The molecular formula is C12H12N2O. The van der Waals surface area contributed by atoms with E-state index in [-0.39, 0.29) is 5.75 Å². The molecule has 0 radical (unpaired) electrons. The third-order valence-corrected chi connectivity index (χ3v) is 2.26. The molecule has 0 unspecified atom stereocenters. The number of benzene rings is 1. The first kappa shape index (κ1) is 9.52. The summed E-state index contributed by atoms with van der Waals surface area (Å²) in [6, 6.07) is 9.09. The second kappa shape index (κ2) is 3.61. The van der Waals surface area contributed by atoms with Gasteiger partial charge in [-0.15, -0.1) is 0 Å². The summed E-state index contributed by atoms with van der Waals surface area (Å²) in [6.07, 6.45) is 1.75. The van der Waals surface area contributed by atoms with Crippen molar-refractivity contribution in [2.75, 3.05) is 5.73 Å². The topological polar surface area (TPSA) is 59.1 Å². The van der Waals surface area contributed by atoms with Crippen LogP contribution in [0.15, 0.2) is 36.5 Å². The van der Waals surface area contributed by atoms with Crippen LogP contribution in [0.3, 0.4) is 0 Å². The summed E-state index contributed by atoms with van der Waals surface area (Å²) in [5.74, 6) is 0.113. The molecule has 0 fully saturated rings. The van der Waals surface area contributed by atoms with Gasteiger partial charge in [0.25, 0.3) is 0 Å². The van der Waals surface area contributed by atoms with E-state index in [1.54, 1.807) is 18.3 Å². The minimum atomic E-state index is 0.113. The van der Waals surface area contributed by atoms with E-state index in [1.165, 1.54) is 0 Å². The zero-order valence-corrected chi connectivity index (χ0v) is 8.44. The molecule has 0 bridgehead atoms. The summed E-state index contributed by atoms with van der Waals surface area (Å²) >= 11 is 0. The van der Waals surface area contributed by atoms with Crippen LogP contribution in [0.4, 0.5) is 5.69 Å². The Morgan fingerprint density at radius 3 is 2.53 bits per heavy atom. The van der Waals surface area contributed by atoms with E-state index in [2.05, 4.69) is 4.98 Å². The van der Waals surface area contributed by atoms with Gasteiger partial charge in [-0.25, -0.2) is 0 Å². The number of phenols is 1. The minimum absolute atomic E-state index is 0.113. The fourth-order valence-electron chi connectivity index (χ4n) is 1.45. The van der Waals surface area contributed by atoms with E-state index < -0.39 is 0 Å². The van der Waals surface area contributed by atoms with Crippen LogP contribution in [-0.2, 0) is 0 Å². The lowest BCUT2D eigenvalue weighted by Gasteiger charge is -2.04. The van der Waals surface area contributed by atoms with Gasteiger partial charge in [-0.2, -0.15) is 0 Å². The van der Waals surface area contributed by atoms with E-state index in [4.69, 9.17) is 5.73 Å². The molecule has 2 aromatic rings. The number of nitrogens with zero attached hydrogens (tertiary/aromatic N) is 1. The largest absolute Gasteiger partial charge is 0.506 e. The molecule has 1 heterocycles. The zero-order valence-electron chi connectivity index (χ0n) is 8.44. The number of anilines is 1. The number of rotatable bonds is 1. The van der Waals surface area contributed by atoms with Crippen molar-refractivity contribution in [3.63, 3.8) is 0 Å². The molecule has 0 aliphatic heterocycles. The van der Waals surface area contributed by atoms with E-state index in [0.29, 0.717) is 5.69 Å². The van der Waals surface area contributed by atoms with E-state index in [1.807, 2.05) is 25.1 Å². The summed E-state index contributed by atoms with van der Waals surface area (Å²) < 4.78 is 0. The van der Waals surface area contributed by atoms with Crippen LogP contribution in [0.1, 0.15) is 5.69 Å². The molecule has 3 nitrogen and oxygen atoms in total. The van der Waals surface area contributed by atoms with Gasteiger partial charge in [-0.3, -0.25) is 4.98 Å². The van der Waals surface area contributed by atoms with Crippen molar-refractivity contribution in [3.8, 4) is 16.9 Å². The smallest absolute Gasteiger partial charge is 0.139 e. The highest BCUT2D eigenvalue weighted by atomic mass is 16.3. The number of hydrogen-bond acceptors (Lipinski definition) is 3. The van der Waals surface area contributed by atoms with Gasteiger partial charge in [0.2, 0.25) is 0 Å². The van der Waals surface area contributed by atoms with Crippen LogP contribution in [0.25, 0.3) is 11.1 Å². The Kier molecular flexibility index (Phi) is 2.29. The number of aromatic nitrogens is 1. The SMILES string of the molecule is Cc1cc(-c2ccc(N)c(O)c2)ccn1. The maximum atomic E-state index is 9.49. The highest BCUT2D eigenvalue weighted by molar-refractivity contribution is 5.69. The lowest BCUT2D eigenvalue weighted by Crippen LogP contribution is -1.87. The standard InChI is InChI=1S/C12H12N2O/c1-8-6-10(4-5-14-8)9-2-3-11(13)12(15)7-9/h2-7,15H,13H2,1H3. The minimum Gasteiger partial charge on any atom is -0.506 e. The second-order valence-corrected chi connectivity index (χ2v) is 3.46. The van der Waals surface area contributed by atoms with Gasteiger partial charge in [-0.05, 0) is 42.3 Å². The number of aryl methyl sites for hydroxylation is 1. The third kappa shape index (κ3) is 1.91. The molecule has 0 atom stereocenters. The number of nitrogen functional groups attached to an aromatic ring is 1. The van der Waals surface area contributed by atoms with Crippen LogP contribution in [0, 0.1) is 6.92 Å². The molecule has 3 heteroatoms. The van der Waals surface area contributed by atoms with Crippen molar-refractivity contribution in [2.45, 2.75) is 6.92 Å². The van der Waals surface area contributed by atoms with Gasteiger partial charge in [0.05, 0.1) is 5.69 Å². The Morgan fingerprint density at radius 2 is 1.87 bits per heavy atom. The summed E-state index contributed by atoms with van der Waals surface area (Å²) in [6.45, 7) is 1.93. The molecule has 0 aliphatic rings. The number of aromatic hydroxyl groups is 1. The molecule has 3 N–H and O–H groups in total. The Morgan fingerprint density at radius 1 is 1.13 bits per heavy atom. The normalized spacial score (nSPS) is 10.2. The summed E-state index contributed by atoms with van der Waals surface area (Å²) in [7, 11) is 0. The van der Waals surface area contributed by atoms with E-state index in [9.17, 15) is 5.11 Å². The van der Waals surface area contributed by atoms with Crippen LogP contribution in [0.5, 0.6) is 5.75 Å². The fourth-order valence-corrected chi connectivity index (χ4v) is 1.45. The van der Waals surface area contributed by atoms with E-state index >= 15 is 0 Å². The average molecular weight is 200 g/mol. The lowest BCUT2D eigenvalue weighted by molar-refractivity contribution is 0.478. The first-order valence-corrected chi connectivity index (χ1v) is 4.68. The van der Waals surface area contributed by atoms with Gasteiger partial charge >= 0.3 is 0 Å². The molecule has 0 saturated heterocycles. The van der Waals surface area contributed by atoms with Gasteiger partial charge < -0.3 is 10.8 Å². The summed E-state index contributed by atoms with van der Waals surface area (Å²) in [5.41, 5.74) is 8.84. The Balaban J connectivity index is 2.50. The van der Waals surface area contributed by atoms with Crippen molar-refractivity contribution < 1.29 is 5.11 Å². The molecular weight excluding hydrogens is 188 g/mol. The molecule has 76 valence electrons. The van der Waals surface area contributed by atoms with Crippen molar-refractivity contribution >= 4 is 5.69 Å². The molecule has 0 spiro atoms. The van der Waals surface area contributed by atoms with Gasteiger partial charge in [-0.1, -0.05) is 6.07 Å². The summed E-state index contributed by atoms with van der Waals surface area (Å²) in [5, 5.41) is 9.49. The predicted octanol–water partition coefficient (Wildman–Crippen LogP) is 2.34. The third-order valence-electron chi connectivity index (χ3n) is 2.26. The molecule has 0 saturated carbocycles. The monoisotopic (exact) mass is 200 g/mol. The number of hydrogen-bond donors (Lipinski definition) is 2. The van der Waals surface area contributed by atoms with Gasteiger partial charge in [0.1, 0.15) is 5.75 Å². The van der Waals surface area contributed by atoms with Crippen LogP contribution < -0.4 is 5.73 Å². The fraction of sp³-hybridized carbons (Fsp3) is 0.0833. The molecule has 2 rings (SSSR count). The maximum absolute atomic E-state index is 9.49. The average Bonchev–Trinajstić information content (AvgIpc) is 2.22. The Labute approximate surface area is 88.2 Å². The van der Waals surface area contributed by atoms with Gasteiger partial charge in [0, 0.05) is 11.9 Å². The highest BCUT2D eigenvalue weighted by Crippen LogP contribution is 2.27. The Hall–Kier alpha value is -2.03. The maximum Gasteiger partial charge on any atom is 0.139 e. The first-order valence-electron chi connectivity index (χ1n) is 4.68. The molecule has 0 aliphatic carbocycles.